The second-order valence-corrected chi connectivity index (χ2v) is 4.11. The largest absolute Gasteiger partial charge is 0.496 e. The summed E-state index contributed by atoms with van der Waals surface area (Å²) < 4.78 is 10.4. The summed E-state index contributed by atoms with van der Waals surface area (Å²) in [4.78, 5) is 11.8. The second-order valence-electron chi connectivity index (χ2n) is 4.11. The Balaban J connectivity index is 2.38. The first-order valence-corrected chi connectivity index (χ1v) is 5.75. The Morgan fingerprint density at radius 3 is 2.94 bits per heavy atom. The van der Waals surface area contributed by atoms with E-state index in [0.29, 0.717) is 17.7 Å². The smallest absolute Gasteiger partial charge is 0.343 e. The number of hydrogen-bond acceptors (Lipinski definition) is 4. The van der Waals surface area contributed by atoms with Gasteiger partial charge in [0, 0.05) is 5.56 Å². The third-order valence-corrected chi connectivity index (χ3v) is 2.96. The molecular weight excluding hydrogens is 220 g/mol. The molecule has 1 N–H and O–H groups in total. The number of carbonyl (C=O) groups excluding carboxylic acids is 1. The van der Waals surface area contributed by atoms with E-state index in [0.717, 1.165) is 12.0 Å². The van der Waals surface area contributed by atoms with Crippen molar-refractivity contribution in [1.82, 2.24) is 0 Å². The van der Waals surface area contributed by atoms with Gasteiger partial charge in [-0.15, -0.1) is 0 Å². The fraction of sp³-hybridized carbons (Fsp3) is 0.462. The SMILES string of the molecule is CCCC(O)C1OC(=O)c2c(OC)cccc21. The van der Waals surface area contributed by atoms with Crippen molar-refractivity contribution in [1.29, 1.82) is 0 Å². The van der Waals surface area contributed by atoms with E-state index in [1.165, 1.54) is 7.11 Å². The first kappa shape index (κ1) is 11.9. The van der Waals surface area contributed by atoms with Gasteiger partial charge in [0.25, 0.3) is 0 Å². The van der Waals surface area contributed by atoms with Crippen LogP contribution in [0.25, 0.3) is 0 Å². The predicted molar refractivity (Wildman–Crippen MR) is 62.1 cm³/mol. The number of cyclic esters (lactones) is 1. The topological polar surface area (TPSA) is 55.8 Å². The van der Waals surface area contributed by atoms with Crippen LogP contribution in [0.3, 0.4) is 0 Å². The van der Waals surface area contributed by atoms with Gasteiger partial charge in [0.1, 0.15) is 11.3 Å². The summed E-state index contributed by atoms with van der Waals surface area (Å²) in [5.74, 6) is 0.0799. The molecule has 0 saturated carbocycles. The molecule has 2 rings (SSSR count). The van der Waals surface area contributed by atoms with E-state index in [-0.39, 0.29) is 0 Å². The Labute approximate surface area is 100 Å². The number of aliphatic hydroxyl groups excluding tert-OH is 1. The summed E-state index contributed by atoms with van der Waals surface area (Å²) in [5.41, 5.74) is 1.16. The van der Waals surface area contributed by atoms with Crippen molar-refractivity contribution in [3.8, 4) is 5.75 Å². The maximum atomic E-state index is 11.8. The maximum Gasteiger partial charge on any atom is 0.343 e. The fourth-order valence-corrected chi connectivity index (χ4v) is 2.14. The summed E-state index contributed by atoms with van der Waals surface area (Å²) in [5, 5.41) is 9.96. The average molecular weight is 236 g/mol. The predicted octanol–water partition coefficient (Wildman–Crippen LogP) is 2.07. The van der Waals surface area contributed by atoms with Gasteiger partial charge in [-0.05, 0) is 12.5 Å². The van der Waals surface area contributed by atoms with E-state index < -0.39 is 18.2 Å². The number of rotatable bonds is 4. The van der Waals surface area contributed by atoms with Crippen LogP contribution in [0.2, 0.25) is 0 Å². The Kier molecular flexibility index (Phi) is 3.33. The highest BCUT2D eigenvalue weighted by Crippen LogP contribution is 2.38. The zero-order valence-corrected chi connectivity index (χ0v) is 9.97. The number of fused-ring (bicyclic) bond motifs is 1. The molecule has 0 bridgehead atoms. The van der Waals surface area contributed by atoms with Crippen LogP contribution < -0.4 is 4.74 Å². The highest BCUT2D eigenvalue weighted by atomic mass is 16.6. The van der Waals surface area contributed by atoms with Crippen LogP contribution >= 0.6 is 0 Å². The van der Waals surface area contributed by atoms with Gasteiger partial charge in [0.2, 0.25) is 0 Å². The Morgan fingerprint density at radius 2 is 2.29 bits per heavy atom. The lowest BCUT2D eigenvalue weighted by Gasteiger charge is -2.17. The quantitative estimate of drug-likeness (QED) is 0.813. The lowest BCUT2D eigenvalue weighted by molar-refractivity contribution is -0.0122. The molecule has 4 nitrogen and oxygen atoms in total. The van der Waals surface area contributed by atoms with Crippen LogP contribution in [0.15, 0.2) is 18.2 Å². The van der Waals surface area contributed by atoms with Crippen molar-refractivity contribution in [2.45, 2.75) is 32.0 Å². The highest BCUT2D eigenvalue weighted by Gasteiger charge is 2.37. The van der Waals surface area contributed by atoms with Crippen LogP contribution in [0.4, 0.5) is 0 Å². The lowest BCUT2D eigenvalue weighted by Crippen LogP contribution is -2.18. The number of esters is 1. The molecule has 0 aromatic heterocycles. The molecule has 1 aliphatic rings. The van der Waals surface area contributed by atoms with E-state index in [1.54, 1.807) is 18.2 Å². The molecule has 0 aliphatic carbocycles. The molecule has 0 fully saturated rings. The summed E-state index contributed by atoms with van der Waals surface area (Å²) in [6.07, 6.45) is 0.230. The van der Waals surface area contributed by atoms with Crippen LogP contribution in [0, 0.1) is 0 Å². The van der Waals surface area contributed by atoms with Gasteiger partial charge < -0.3 is 14.6 Å². The number of ether oxygens (including phenoxy) is 2. The molecule has 2 atom stereocenters. The Bertz CT molecular complexity index is 427. The third-order valence-electron chi connectivity index (χ3n) is 2.96. The van der Waals surface area contributed by atoms with E-state index in [9.17, 15) is 9.90 Å². The Hall–Kier alpha value is -1.55. The minimum Gasteiger partial charge on any atom is -0.496 e. The molecule has 0 saturated heterocycles. The molecule has 1 heterocycles. The highest BCUT2D eigenvalue weighted by molar-refractivity contribution is 5.97. The van der Waals surface area contributed by atoms with Crippen LogP contribution in [0.5, 0.6) is 5.75 Å². The normalized spacial score (nSPS) is 19.7. The van der Waals surface area contributed by atoms with Crippen molar-refractivity contribution in [2.75, 3.05) is 7.11 Å². The molecule has 0 amide bonds. The monoisotopic (exact) mass is 236 g/mol. The standard InChI is InChI=1S/C13H16O4/c1-3-5-9(14)12-8-6-4-7-10(16-2)11(8)13(15)17-12/h4,6-7,9,12,14H,3,5H2,1-2H3. The van der Waals surface area contributed by atoms with Gasteiger partial charge in [0.05, 0.1) is 13.2 Å². The number of benzene rings is 1. The Morgan fingerprint density at radius 1 is 1.53 bits per heavy atom. The first-order chi connectivity index (χ1) is 8.19. The molecule has 2 unspecified atom stereocenters. The average Bonchev–Trinajstić information content (AvgIpc) is 2.67. The zero-order valence-electron chi connectivity index (χ0n) is 9.97. The van der Waals surface area contributed by atoms with Crippen molar-refractivity contribution < 1.29 is 19.4 Å². The molecule has 92 valence electrons. The van der Waals surface area contributed by atoms with Gasteiger partial charge in [-0.1, -0.05) is 25.5 Å². The fourth-order valence-electron chi connectivity index (χ4n) is 2.14. The third kappa shape index (κ3) is 2.00. The number of aliphatic hydroxyl groups is 1. The van der Waals surface area contributed by atoms with Crippen molar-refractivity contribution in [2.24, 2.45) is 0 Å². The van der Waals surface area contributed by atoms with E-state index in [1.807, 2.05) is 6.92 Å². The van der Waals surface area contributed by atoms with Gasteiger partial charge >= 0.3 is 5.97 Å². The molecule has 1 aliphatic heterocycles. The van der Waals surface area contributed by atoms with E-state index in [4.69, 9.17) is 9.47 Å². The molecule has 0 radical (unpaired) electrons. The summed E-state index contributed by atoms with van der Waals surface area (Å²) in [6, 6.07) is 5.31. The minimum atomic E-state index is -0.655. The maximum absolute atomic E-state index is 11.8. The molecule has 1 aromatic rings. The zero-order chi connectivity index (χ0) is 12.4. The van der Waals surface area contributed by atoms with Crippen molar-refractivity contribution in [3.05, 3.63) is 29.3 Å². The van der Waals surface area contributed by atoms with Crippen LogP contribution in [-0.2, 0) is 4.74 Å². The van der Waals surface area contributed by atoms with Gasteiger partial charge in [0.15, 0.2) is 6.10 Å². The van der Waals surface area contributed by atoms with Gasteiger partial charge in [-0.2, -0.15) is 0 Å². The number of hydrogen-bond donors (Lipinski definition) is 1. The van der Waals surface area contributed by atoms with Gasteiger partial charge in [-0.25, -0.2) is 4.79 Å². The van der Waals surface area contributed by atoms with Crippen molar-refractivity contribution in [3.63, 3.8) is 0 Å². The van der Waals surface area contributed by atoms with Crippen molar-refractivity contribution >= 4 is 5.97 Å². The number of carbonyl (C=O) groups is 1. The van der Waals surface area contributed by atoms with Crippen LogP contribution in [-0.4, -0.2) is 24.3 Å². The molecule has 1 aromatic carbocycles. The van der Waals surface area contributed by atoms with Gasteiger partial charge in [-0.3, -0.25) is 0 Å². The summed E-state index contributed by atoms with van der Waals surface area (Å²) in [6.45, 7) is 1.98. The lowest BCUT2D eigenvalue weighted by atomic mass is 9.98. The summed E-state index contributed by atoms with van der Waals surface area (Å²) in [7, 11) is 1.51. The number of methoxy groups -OCH3 is 1. The second kappa shape index (κ2) is 4.75. The summed E-state index contributed by atoms with van der Waals surface area (Å²) >= 11 is 0. The minimum absolute atomic E-state index is 0.419. The van der Waals surface area contributed by atoms with Crippen LogP contribution in [0.1, 0.15) is 41.8 Å². The molecular formula is C13H16O4. The molecule has 17 heavy (non-hydrogen) atoms. The molecule has 0 spiro atoms. The van der Waals surface area contributed by atoms with E-state index in [2.05, 4.69) is 0 Å². The first-order valence-electron chi connectivity index (χ1n) is 5.75. The molecule has 4 heteroatoms. The van der Waals surface area contributed by atoms with E-state index >= 15 is 0 Å².